The van der Waals surface area contributed by atoms with Crippen LogP contribution in [0, 0.1) is 13.8 Å². The smallest absolute Gasteiger partial charge is 0.271 e. The van der Waals surface area contributed by atoms with Crippen LogP contribution in [0.2, 0.25) is 0 Å². The Morgan fingerprint density at radius 3 is 2.30 bits per heavy atom. The van der Waals surface area contributed by atoms with E-state index in [0.29, 0.717) is 17.3 Å². The van der Waals surface area contributed by atoms with Gasteiger partial charge in [-0.2, -0.15) is 4.68 Å². The molecule has 1 unspecified atom stereocenters. The summed E-state index contributed by atoms with van der Waals surface area (Å²) in [5, 5.41) is 7.11. The lowest BCUT2D eigenvalue weighted by atomic mass is 10.0. The lowest BCUT2D eigenvalue weighted by Gasteiger charge is -2.15. The predicted molar refractivity (Wildman–Crippen MR) is 119 cm³/mol. The Labute approximate surface area is 176 Å². The van der Waals surface area contributed by atoms with Gasteiger partial charge in [-0.3, -0.25) is 9.59 Å². The molecule has 0 aliphatic rings. The van der Waals surface area contributed by atoms with Crippen LogP contribution in [0.25, 0.3) is 5.69 Å². The third-order valence-electron chi connectivity index (χ3n) is 5.02. The first-order valence-corrected chi connectivity index (χ1v) is 10.00. The largest absolute Gasteiger partial charge is 0.463 e. The molecule has 1 amide bonds. The lowest BCUT2D eigenvalue weighted by molar-refractivity contribution is -0.122. The number of amides is 1. The Kier molecular flexibility index (Phi) is 6.35. The minimum absolute atomic E-state index is 0.200. The molecule has 0 radical (unpaired) electrons. The molecule has 1 aromatic heterocycles. The van der Waals surface area contributed by atoms with Gasteiger partial charge in [-0.25, -0.2) is 0 Å². The van der Waals surface area contributed by atoms with E-state index in [2.05, 4.69) is 24.3 Å². The fourth-order valence-corrected chi connectivity index (χ4v) is 2.93. The minimum atomic E-state index is -0.784. The van der Waals surface area contributed by atoms with Crippen molar-refractivity contribution in [2.24, 2.45) is 0 Å². The van der Waals surface area contributed by atoms with E-state index < -0.39 is 6.10 Å². The summed E-state index contributed by atoms with van der Waals surface area (Å²) in [4.78, 5) is 24.8. The van der Waals surface area contributed by atoms with Gasteiger partial charge in [0.15, 0.2) is 6.10 Å². The van der Waals surface area contributed by atoms with E-state index in [0.717, 1.165) is 11.1 Å². The molecule has 3 aromatic rings. The van der Waals surface area contributed by atoms with E-state index in [1.807, 2.05) is 56.3 Å². The molecule has 6 heteroatoms. The van der Waals surface area contributed by atoms with Crippen LogP contribution in [0.1, 0.15) is 43.4 Å². The third-order valence-corrected chi connectivity index (χ3v) is 5.02. The van der Waals surface area contributed by atoms with Crippen molar-refractivity contribution in [3.63, 3.8) is 0 Å². The summed E-state index contributed by atoms with van der Waals surface area (Å²) in [6.45, 7) is 9.86. The van der Waals surface area contributed by atoms with Gasteiger partial charge in [-0.1, -0.05) is 32.0 Å². The second-order valence-corrected chi connectivity index (χ2v) is 7.72. The fraction of sp³-hybridized carbons (Fsp3) is 0.292. The van der Waals surface area contributed by atoms with Gasteiger partial charge < -0.3 is 10.1 Å². The van der Waals surface area contributed by atoms with Gasteiger partial charge in [0, 0.05) is 17.8 Å². The van der Waals surface area contributed by atoms with Crippen molar-refractivity contribution >= 4 is 11.6 Å². The average molecular weight is 405 g/mol. The number of nitrogens with one attached hydrogen (secondary N) is 1. The molecular formula is C24H27N3O3. The summed E-state index contributed by atoms with van der Waals surface area (Å²) >= 11 is 0. The van der Waals surface area contributed by atoms with Crippen LogP contribution in [-0.2, 0) is 4.79 Å². The number of benzene rings is 2. The molecule has 0 saturated carbocycles. The Hall–Kier alpha value is -3.41. The molecular weight excluding hydrogens is 378 g/mol. The number of nitrogens with zero attached hydrogens (tertiary/aromatic N) is 2. The second kappa shape index (κ2) is 8.95. The van der Waals surface area contributed by atoms with Crippen LogP contribution in [0.15, 0.2) is 59.4 Å². The molecule has 30 heavy (non-hydrogen) atoms. The van der Waals surface area contributed by atoms with Crippen molar-refractivity contribution in [3.05, 3.63) is 81.6 Å². The normalized spacial score (nSPS) is 11.9. The van der Waals surface area contributed by atoms with Crippen LogP contribution >= 0.6 is 0 Å². The summed E-state index contributed by atoms with van der Waals surface area (Å²) < 4.78 is 6.97. The standard InChI is InChI=1S/C24H27N3O3/c1-15(2)19-7-9-20(10-8-19)25-24(29)18(5)30-22-12-13-23(28)27(26-22)21-11-6-16(3)17(4)14-21/h6-15,18H,1-5H3,(H,25,29). The topological polar surface area (TPSA) is 73.2 Å². The van der Waals surface area contributed by atoms with Crippen LogP contribution in [-0.4, -0.2) is 21.8 Å². The first-order chi connectivity index (χ1) is 14.2. The quantitative estimate of drug-likeness (QED) is 0.661. The van der Waals surface area contributed by atoms with Gasteiger partial charge in [0.25, 0.3) is 11.5 Å². The number of hydrogen-bond acceptors (Lipinski definition) is 4. The summed E-state index contributed by atoms with van der Waals surface area (Å²) in [6, 6.07) is 16.2. The van der Waals surface area contributed by atoms with Crippen LogP contribution in [0.4, 0.5) is 5.69 Å². The fourth-order valence-electron chi connectivity index (χ4n) is 2.93. The predicted octanol–water partition coefficient (Wildman–Crippen LogP) is 4.38. The van der Waals surface area contributed by atoms with Gasteiger partial charge in [-0.15, -0.1) is 5.10 Å². The monoisotopic (exact) mass is 405 g/mol. The van der Waals surface area contributed by atoms with Gasteiger partial charge in [0.05, 0.1) is 5.69 Å². The highest BCUT2D eigenvalue weighted by molar-refractivity contribution is 5.94. The molecule has 1 N–H and O–H groups in total. The van der Waals surface area contributed by atoms with Crippen molar-refractivity contribution < 1.29 is 9.53 Å². The van der Waals surface area contributed by atoms with Gasteiger partial charge >= 0.3 is 0 Å². The van der Waals surface area contributed by atoms with E-state index in [1.54, 1.807) is 6.92 Å². The molecule has 0 aliphatic carbocycles. The number of ether oxygens (including phenoxy) is 1. The maximum Gasteiger partial charge on any atom is 0.271 e. The molecule has 3 rings (SSSR count). The number of hydrogen-bond donors (Lipinski definition) is 1. The number of aryl methyl sites for hydroxylation is 2. The van der Waals surface area contributed by atoms with Gasteiger partial charge in [-0.05, 0) is 67.6 Å². The first kappa shape index (κ1) is 21.3. The van der Waals surface area contributed by atoms with E-state index in [9.17, 15) is 9.59 Å². The highest BCUT2D eigenvalue weighted by atomic mass is 16.5. The van der Waals surface area contributed by atoms with Crippen molar-refractivity contribution in [2.75, 3.05) is 5.32 Å². The maximum absolute atomic E-state index is 12.5. The van der Waals surface area contributed by atoms with E-state index in [1.165, 1.54) is 22.4 Å². The van der Waals surface area contributed by atoms with E-state index in [-0.39, 0.29) is 17.3 Å². The number of carbonyl (C=O) groups is 1. The van der Waals surface area contributed by atoms with Crippen molar-refractivity contribution in [2.45, 2.75) is 46.6 Å². The lowest BCUT2D eigenvalue weighted by Crippen LogP contribution is -2.31. The molecule has 0 aliphatic heterocycles. The third kappa shape index (κ3) is 4.95. The number of anilines is 1. The van der Waals surface area contributed by atoms with Crippen molar-refractivity contribution in [1.82, 2.24) is 9.78 Å². The number of aromatic nitrogens is 2. The highest BCUT2D eigenvalue weighted by Crippen LogP contribution is 2.18. The van der Waals surface area contributed by atoms with Crippen LogP contribution < -0.4 is 15.6 Å². The SMILES string of the molecule is Cc1ccc(-n2nc(OC(C)C(=O)Nc3ccc(C(C)C)cc3)ccc2=O)cc1C. The zero-order valence-electron chi connectivity index (χ0n) is 18.0. The molecule has 1 atom stereocenters. The second-order valence-electron chi connectivity index (χ2n) is 7.72. The molecule has 6 nitrogen and oxygen atoms in total. The van der Waals surface area contributed by atoms with E-state index >= 15 is 0 Å². The summed E-state index contributed by atoms with van der Waals surface area (Å²) in [5.41, 5.74) is 4.47. The Morgan fingerprint density at radius 2 is 1.67 bits per heavy atom. The zero-order chi connectivity index (χ0) is 21.8. The van der Waals surface area contributed by atoms with Gasteiger partial charge in [0.1, 0.15) is 0 Å². The first-order valence-electron chi connectivity index (χ1n) is 10.00. The Balaban J connectivity index is 1.73. The van der Waals surface area contributed by atoms with Crippen molar-refractivity contribution in [3.8, 4) is 11.6 Å². The summed E-state index contributed by atoms with van der Waals surface area (Å²) in [6.07, 6.45) is -0.784. The molecule has 0 fully saturated rings. The Bertz CT molecular complexity index is 1100. The van der Waals surface area contributed by atoms with Crippen LogP contribution in [0.5, 0.6) is 5.88 Å². The Morgan fingerprint density at radius 1 is 0.967 bits per heavy atom. The average Bonchev–Trinajstić information content (AvgIpc) is 2.72. The van der Waals surface area contributed by atoms with Crippen LogP contribution in [0.3, 0.4) is 0 Å². The zero-order valence-corrected chi connectivity index (χ0v) is 18.0. The minimum Gasteiger partial charge on any atom is -0.463 e. The molecule has 0 spiro atoms. The van der Waals surface area contributed by atoms with E-state index in [4.69, 9.17) is 4.74 Å². The highest BCUT2D eigenvalue weighted by Gasteiger charge is 2.16. The number of rotatable bonds is 6. The van der Waals surface area contributed by atoms with Crippen molar-refractivity contribution in [1.29, 1.82) is 0 Å². The number of carbonyl (C=O) groups excluding carboxylic acids is 1. The summed E-state index contributed by atoms with van der Waals surface area (Å²) in [7, 11) is 0. The van der Waals surface area contributed by atoms with Gasteiger partial charge in [0.2, 0.25) is 5.88 Å². The molecule has 0 bridgehead atoms. The maximum atomic E-state index is 12.5. The molecule has 1 heterocycles. The molecule has 0 saturated heterocycles. The summed E-state index contributed by atoms with van der Waals surface area (Å²) in [5.74, 6) is 0.333. The molecule has 156 valence electrons. The molecule has 2 aromatic carbocycles.